The third kappa shape index (κ3) is 3.35. The number of nitrogen functional groups attached to an aromatic ring is 1. The molecule has 7 nitrogen and oxygen atoms in total. The van der Waals surface area contributed by atoms with Crippen molar-refractivity contribution in [2.24, 2.45) is 0 Å². The van der Waals surface area contributed by atoms with E-state index < -0.39 is 43.6 Å². The molecule has 0 amide bonds. The van der Waals surface area contributed by atoms with Crippen LogP contribution in [0, 0.1) is 0 Å². The van der Waals surface area contributed by atoms with E-state index in [0.29, 0.717) is 0 Å². The largest absolute Gasteiger partial charge is 0.384 e. The fourth-order valence-corrected chi connectivity index (χ4v) is 5.10. The first-order chi connectivity index (χ1) is 11.3. The second kappa shape index (κ2) is 6.42. The summed E-state index contributed by atoms with van der Waals surface area (Å²) in [6.45, 7) is 8.33. The molecule has 25 heavy (non-hydrogen) atoms. The molecule has 1 fully saturated rings. The molecular formula is C15H25F2N3O4Si. The number of anilines is 1. The number of halogens is 2. The number of hydrogen-bond donors (Lipinski definition) is 2. The molecule has 1 saturated heterocycles. The molecule has 0 aliphatic carbocycles. The SMILES string of the molecule is C[SiH](C)[C@@]1(n2ccc(N)nc2=O)O[C@H](COC(C)(C)C)[C@@H](O)C1(F)F. The Labute approximate surface area is 146 Å². The minimum Gasteiger partial charge on any atom is -0.384 e. The van der Waals surface area contributed by atoms with Crippen molar-refractivity contribution in [3.05, 3.63) is 22.7 Å². The van der Waals surface area contributed by atoms with E-state index >= 15 is 8.78 Å². The number of nitrogens with two attached hydrogens (primary N) is 1. The van der Waals surface area contributed by atoms with E-state index in [1.54, 1.807) is 33.9 Å². The predicted molar refractivity (Wildman–Crippen MR) is 91.3 cm³/mol. The van der Waals surface area contributed by atoms with Crippen LogP contribution >= 0.6 is 0 Å². The summed E-state index contributed by atoms with van der Waals surface area (Å²) < 4.78 is 42.2. The number of aliphatic hydroxyl groups excluding tert-OH is 1. The minimum atomic E-state index is -3.68. The third-order valence-electron chi connectivity index (χ3n) is 4.18. The molecule has 1 aromatic heterocycles. The van der Waals surface area contributed by atoms with Gasteiger partial charge in [0.25, 0.3) is 0 Å². The Balaban J connectivity index is 2.51. The van der Waals surface area contributed by atoms with Gasteiger partial charge in [0.15, 0.2) is 11.5 Å². The highest BCUT2D eigenvalue weighted by molar-refractivity contribution is 6.58. The molecule has 142 valence electrons. The predicted octanol–water partition coefficient (Wildman–Crippen LogP) is 0.714. The van der Waals surface area contributed by atoms with Crippen molar-refractivity contribution in [1.82, 2.24) is 9.55 Å². The summed E-state index contributed by atoms with van der Waals surface area (Å²) >= 11 is 0. The van der Waals surface area contributed by atoms with Gasteiger partial charge in [0, 0.05) is 6.20 Å². The Morgan fingerprint density at radius 2 is 2.08 bits per heavy atom. The van der Waals surface area contributed by atoms with Gasteiger partial charge in [-0.2, -0.15) is 13.8 Å². The van der Waals surface area contributed by atoms with Crippen LogP contribution in [0.4, 0.5) is 14.6 Å². The van der Waals surface area contributed by atoms with Crippen LogP contribution < -0.4 is 11.4 Å². The molecule has 0 aromatic carbocycles. The normalized spacial score (nSPS) is 29.3. The number of hydrogen-bond acceptors (Lipinski definition) is 6. The van der Waals surface area contributed by atoms with Gasteiger partial charge in [-0.1, -0.05) is 13.1 Å². The molecule has 2 rings (SSSR count). The summed E-state index contributed by atoms with van der Waals surface area (Å²) in [6.07, 6.45) is -2.23. The maximum atomic E-state index is 15.1. The smallest absolute Gasteiger partial charge is 0.351 e. The summed E-state index contributed by atoms with van der Waals surface area (Å²) in [7, 11) is -2.40. The van der Waals surface area contributed by atoms with Crippen LogP contribution in [0.3, 0.4) is 0 Å². The second-order valence-corrected chi connectivity index (χ2v) is 10.6. The van der Waals surface area contributed by atoms with Gasteiger partial charge < -0.3 is 20.3 Å². The number of ether oxygens (including phenoxy) is 2. The van der Waals surface area contributed by atoms with Crippen LogP contribution in [0.25, 0.3) is 0 Å². The first kappa shape index (κ1) is 20.0. The van der Waals surface area contributed by atoms with Gasteiger partial charge in [-0.15, -0.1) is 0 Å². The van der Waals surface area contributed by atoms with Crippen molar-refractivity contribution >= 4 is 14.6 Å². The number of rotatable bonds is 4. The average molecular weight is 377 g/mol. The van der Waals surface area contributed by atoms with Gasteiger partial charge in [-0.25, -0.2) is 4.79 Å². The number of aromatic nitrogens is 2. The topological polar surface area (TPSA) is 99.6 Å². The number of nitrogens with zero attached hydrogens (tertiary/aromatic N) is 2. The minimum absolute atomic E-state index is 0.0729. The first-order valence-electron chi connectivity index (χ1n) is 8.06. The number of aliphatic hydroxyl groups is 1. The van der Waals surface area contributed by atoms with Crippen molar-refractivity contribution < 1.29 is 23.4 Å². The molecule has 3 N–H and O–H groups in total. The molecule has 10 heteroatoms. The Bertz CT molecular complexity index is 692. The van der Waals surface area contributed by atoms with E-state index in [1.807, 2.05) is 0 Å². The van der Waals surface area contributed by atoms with Crippen LogP contribution in [0.1, 0.15) is 20.8 Å². The lowest BCUT2D eigenvalue weighted by atomic mass is 10.1. The zero-order chi connectivity index (χ0) is 19.2. The van der Waals surface area contributed by atoms with Crippen molar-refractivity contribution in [3.8, 4) is 0 Å². The molecule has 0 saturated carbocycles. The van der Waals surface area contributed by atoms with Crippen molar-refractivity contribution in [2.75, 3.05) is 12.3 Å². The summed E-state index contributed by atoms with van der Waals surface area (Å²) in [4.78, 5) is 15.8. The van der Waals surface area contributed by atoms with E-state index in [1.165, 1.54) is 6.07 Å². The van der Waals surface area contributed by atoms with Crippen LogP contribution in [0.5, 0.6) is 0 Å². The van der Waals surface area contributed by atoms with Gasteiger partial charge in [-0.05, 0) is 26.8 Å². The fraction of sp³-hybridized carbons (Fsp3) is 0.733. The molecule has 2 heterocycles. The van der Waals surface area contributed by atoms with Gasteiger partial charge >= 0.3 is 11.6 Å². The maximum Gasteiger partial charge on any atom is 0.351 e. The highest BCUT2D eigenvalue weighted by Crippen LogP contribution is 2.48. The lowest BCUT2D eigenvalue weighted by molar-refractivity contribution is -0.175. The standard InChI is InChI=1S/C15H25F2N3O4Si/c1-13(2,3)23-8-9-11(21)14(16,17)15(24-9,25(4)5)20-7-6-10(18)19-12(20)22/h6-7,9,11,21,25H,8H2,1-5H3,(H2,18,19,22)/t9-,11-,15+/m1/s1. The summed E-state index contributed by atoms with van der Waals surface area (Å²) in [5, 5.41) is 7.96. The lowest BCUT2D eigenvalue weighted by Gasteiger charge is -2.38. The molecule has 0 radical (unpaired) electrons. The zero-order valence-corrected chi connectivity index (χ0v) is 16.1. The van der Waals surface area contributed by atoms with Crippen LogP contribution in [0.15, 0.2) is 17.1 Å². The molecule has 3 atom stereocenters. The third-order valence-corrected chi connectivity index (χ3v) is 6.54. The molecule has 1 aromatic rings. The van der Waals surface area contributed by atoms with Gasteiger partial charge in [-0.3, -0.25) is 4.57 Å². The molecular weight excluding hydrogens is 352 g/mol. The molecule has 0 unspecified atom stereocenters. The Kier molecular flexibility index (Phi) is 5.12. The summed E-state index contributed by atoms with van der Waals surface area (Å²) in [5.41, 5.74) is 3.93. The van der Waals surface area contributed by atoms with Gasteiger partial charge in [0.1, 0.15) is 20.7 Å². The highest BCUT2D eigenvalue weighted by atomic mass is 28.3. The van der Waals surface area contributed by atoms with Crippen molar-refractivity contribution in [3.63, 3.8) is 0 Å². The fourth-order valence-electron chi connectivity index (χ4n) is 2.96. The van der Waals surface area contributed by atoms with E-state index in [4.69, 9.17) is 15.2 Å². The average Bonchev–Trinajstić information content (AvgIpc) is 2.65. The van der Waals surface area contributed by atoms with E-state index in [9.17, 15) is 9.90 Å². The monoisotopic (exact) mass is 377 g/mol. The van der Waals surface area contributed by atoms with Gasteiger partial charge in [0.2, 0.25) is 0 Å². The van der Waals surface area contributed by atoms with Crippen molar-refractivity contribution in [1.29, 1.82) is 0 Å². The molecule has 0 bridgehead atoms. The first-order valence-corrected chi connectivity index (χ1v) is 10.9. The Hall–Kier alpha value is -1.36. The van der Waals surface area contributed by atoms with Crippen LogP contribution in [-0.4, -0.2) is 53.8 Å². The molecule has 1 aliphatic heterocycles. The van der Waals surface area contributed by atoms with E-state index in [2.05, 4.69) is 4.98 Å². The molecule has 1 aliphatic rings. The molecule has 0 spiro atoms. The summed E-state index contributed by atoms with van der Waals surface area (Å²) in [6, 6.07) is 1.25. The van der Waals surface area contributed by atoms with E-state index in [-0.39, 0.29) is 12.4 Å². The van der Waals surface area contributed by atoms with Gasteiger partial charge in [0.05, 0.1) is 12.2 Å². The van der Waals surface area contributed by atoms with Crippen LogP contribution in [-0.2, 0) is 14.8 Å². The Morgan fingerprint density at radius 3 is 2.56 bits per heavy atom. The number of alkyl halides is 2. The van der Waals surface area contributed by atoms with E-state index in [0.717, 1.165) is 10.8 Å². The van der Waals surface area contributed by atoms with Crippen molar-refractivity contribution in [2.45, 2.75) is 62.9 Å². The second-order valence-electron chi connectivity index (χ2n) is 7.50. The lowest BCUT2D eigenvalue weighted by Crippen LogP contribution is -2.61. The maximum absolute atomic E-state index is 15.1. The summed E-state index contributed by atoms with van der Waals surface area (Å²) in [5.74, 6) is -3.75. The highest BCUT2D eigenvalue weighted by Gasteiger charge is 2.71. The Morgan fingerprint density at radius 1 is 1.48 bits per heavy atom. The quantitative estimate of drug-likeness (QED) is 0.750. The zero-order valence-electron chi connectivity index (χ0n) is 15.0. The van der Waals surface area contributed by atoms with Crippen LogP contribution in [0.2, 0.25) is 13.1 Å².